The summed E-state index contributed by atoms with van der Waals surface area (Å²) in [6.07, 6.45) is 15.5. The highest BCUT2D eigenvalue weighted by molar-refractivity contribution is 6.00. The molecule has 5 heteroatoms. The molecule has 0 atom stereocenters. The lowest BCUT2D eigenvalue weighted by atomic mass is 9.72. The number of allylic oxidation sites excluding steroid dienone is 9. The van der Waals surface area contributed by atoms with E-state index in [1.807, 2.05) is 25.2 Å². The number of amides is 1. The zero-order chi connectivity index (χ0) is 24.4. The Labute approximate surface area is 197 Å². The van der Waals surface area contributed by atoms with Gasteiger partial charge in [0.25, 0.3) is 0 Å². The summed E-state index contributed by atoms with van der Waals surface area (Å²) in [6, 6.07) is 6.55. The summed E-state index contributed by atoms with van der Waals surface area (Å²) in [5.41, 5.74) is 5.74. The van der Waals surface area contributed by atoms with Crippen LogP contribution in [0.25, 0.3) is 0 Å². The van der Waals surface area contributed by atoms with Crippen molar-refractivity contribution in [3.63, 3.8) is 0 Å². The summed E-state index contributed by atoms with van der Waals surface area (Å²) in [7, 11) is 0. The second-order valence-corrected chi connectivity index (χ2v) is 9.12. The third kappa shape index (κ3) is 8.97. The summed E-state index contributed by atoms with van der Waals surface area (Å²) in [5.74, 6) is -0.846. The molecule has 0 aromatic heterocycles. The molecule has 1 aromatic rings. The van der Waals surface area contributed by atoms with Gasteiger partial charge in [-0.15, -0.1) is 0 Å². The van der Waals surface area contributed by atoms with Crippen molar-refractivity contribution in [2.75, 3.05) is 11.9 Å². The molecule has 2 rings (SSSR count). The van der Waals surface area contributed by atoms with Gasteiger partial charge >= 0.3 is 5.97 Å². The summed E-state index contributed by atoms with van der Waals surface area (Å²) < 4.78 is 5.08. The Bertz CT molecular complexity index is 1000. The minimum Gasteiger partial charge on any atom is -0.482 e. The molecule has 0 spiro atoms. The first-order valence-electron chi connectivity index (χ1n) is 11.2. The maximum Gasteiger partial charge on any atom is 0.341 e. The Morgan fingerprint density at radius 2 is 1.82 bits per heavy atom. The van der Waals surface area contributed by atoms with Crippen molar-refractivity contribution in [3.8, 4) is 5.75 Å². The molecule has 0 aliphatic heterocycles. The molecule has 1 amide bonds. The molecule has 0 unspecified atom stereocenters. The number of carbonyl (C=O) groups excluding carboxylic acids is 1. The second kappa shape index (κ2) is 12.0. The molecule has 0 saturated carbocycles. The molecule has 0 saturated heterocycles. The first kappa shape index (κ1) is 25.9. The quantitative estimate of drug-likeness (QED) is 0.328. The minimum absolute atomic E-state index is 0.230. The number of carbonyl (C=O) groups is 2. The van der Waals surface area contributed by atoms with Gasteiger partial charge in [-0.05, 0) is 80.9 Å². The van der Waals surface area contributed by atoms with Gasteiger partial charge in [0.2, 0.25) is 5.91 Å². The molecular formula is C28H35NO4. The highest BCUT2D eigenvalue weighted by Gasteiger charge is 2.26. The van der Waals surface area contributed by atoms with Gasteiger partial charge in [-0.3, -0.25) is 4.79 Å². The number of hydrogen-bond donors (Lipinski definition) is 2. The number of nitrogens with one attached hydrogen (secondary N) is 1. The predicted octanol–water partition coefficient (Wildman–Crippen LogP) is 6.62. The standard InChI is InChI=1S/C28H35NO4/c1-20(11-16-25-22(3)10-7-17-28(25,4)5)8-6-9-21(2)18-26(30)29-23-12-14-24(15-13-23)33-19-27(31)32/h6,8-9,11-16,18H,7,10,17,19H2,1-5H3,(H,29,30)(H,31,32)/b9-6+,16-11+,20-8+,21-18+. The summed E-state index contributed by atoms with van der Waals surface area (Å²) in [5, 5.41) is 11.4. The van der Waals surface area contributed by atoms with E-state index in [1.165, 1.54) is 36.5 Å². The number of carboxylic acid groups (broad SMARTS) is 1. The van der Waals surface area contributed by atoms with Gasteiger partial charge in [0.05, 0.1) is 0 Å². The van der Waals surface area contributed by atoms with Crippen molar-refractivity contribution in [1.82, 2.24) is 0 Å². The second-order valence-electron chi connectivity index (χ2n) is 9.12. The molecule has 1 aromatic carbocycles. The van der Waals surface area contributed by atoms with Gasteiger partial charge in [0.15, 0.2) is 6.61 Å². The van der Waals surface area contributed by atoms with Crippen LogP contribution >= 0.6 is 0 Å². The topological polar surface area (TPSA) is 75.6 Å². The molecule has 0 radical (unpaired) electrons. The normalized spacial score (nSPS) is 17.0. The smallest absolute Gasteiger partial charge is 0.341 e. The number of ether oxygens (including phenoxy) is 1. The van der Waals surface area contributed by atoms with Crippen LogP contribution in [0.2, 0.25) is 0 Å². The largest absolute Gasteiger partial charge is 0.482 e. The van der Waals surface area contributed by atoms with E-state index in [4.69, 9.17) is 9.84 Å². The summed E-state index contributed by atoms with van der Waals surface area (Å²) in [6.45, 7) is 10.4. The lowest BCUT2D eigenvalue weighted by molar-refractivity contribution is -0.139. The van der Waals surface area contributed by atoms with Crippen LogP contribution in [-0.2, 0) is 9.59 Å². The molecule has 2 N–H and O–H groups in total. The Morgan fingerprint density at radius 3 is 2.45 bits per heavy atom. The molecule has 0 bridgehead atoms. The van der Waals surface area contributed by atoms with Crippen LogP contribution in [-0.4, -0.2) is 23.6 Å². The molecule has 1 aliphatic carbocycles. The van der Waals surface area contributed by atoms with E-state index in [0.717, 1.165) is 11.1 Å². The van der Waals surface area contributed by atoms with E-state index in [2.05, 4.69) is 45.2 Å². The zero-order valence-corrected chi connectivity index (χ0v) is 20.3. The van der Waals surface area contributed by atoms with Gasteiger partial charge in [-0.25, -0.2) is 4.79 Å². The number of benzene rings is 1. The third-order valence-corrected chi connectivity index (χ3v) is 5.62. The van der Waals surface area contributed by atoms with Crippen LogP contribution in [0.4, 0.5) is 5.69 Å². The third-order valence-electron chi connectivity index (χ3n) is 5.62. The van der Waals surface area contributed by atoms with Gasteiger partial charge in [-0.2, -0.15) is 0 Å². The van der Waals surface area contributed by atoms with Crippen LogP contribution < -0.4 is 10.1 Å². The van der Waals surface area contributed by atoms with Crippen LogP contribution in [0.15, 0.2) is 83.0 Å². The van der Waals surface area contributed by atoms with Gasteiger partial charge in [-0.1, -0.05) is 55.4 Å². The van der Waals surface area contributed by atoms with Crippen LogP contribution in [0.1, 0.15) is 53.9 Å². The minimum atomic E-state index is -1.04. The fourth-order valence-electron chi connectivity index (χ4n) is 3.85. The zero-order valence-electron chi connectivity index (χ0n) is 20.3. The highest BCUT2D eigenvalue weighted by Crippen LogP contribution is 2.40. The first-order valence-corrected chi connectivity index (χ1v) is 11.2. The summed E-state index contributed by atoms with van der Waals surface area (Å²) in [4.78, 5) is 22.8. The Kier molecular flexibility index (Phi) is 9.46. The molecule has 176 valence electrons. The van der Waals surface area contributed by atoms with Gasteiger partial charge < -0.3 is 15.2 Å². The average molecular weight is 450 g/mol. The monoisotopic (exact) mass is 449 g/mol. The Balaban J connectivity index is 1.91. The average Bonchev–Trinajstić information content (AvgIpc) is 2.72. The van der Waals surface area contributed by atoms with Crippen molar-refractivity contribution >= 4 is 17.6 Å². The molecule has 33 heavy (non-hydrogen) atoms. The predicted molar refractivity (Wildman–Crippen MR) is 134 cm³/mol. The van der Waals surface area contributed by atoms with Crippen molar-refractivity contribution in [2.45, 2.75) is 53.9 Å². The van der Waals surface area contributed by atoms with E-state index in [0.29, 0.717) is 11.4 Å². The molecule has 5 nitrogen and oxygen atoms in total. The highest BCUT2D eigenvalue weighted by atomic mass is 16.5. The lowest BCUT2D eigenvalue weighted by Gasteiger charge is -2.32. The first-order chi connectivity index (χ1) is 15.6. The van der Waals surface area contributed by atoms with Crippen LogP contribution in [0.3, 0.4) is 0 Å². The van der Waals surface area contributed by atoms with Crippen molar-refractivity contribution in [2.24, 2.45) is 5.41 Å². The van der Waals surface area contributed by atoms with Crippen molar-refractivity contribution in [3.05, 3.63) is 83.0 Å². The van der Waals surface area contributed by atoms with Crippen molar-refractivity contribution in [1.29, 1.82) is 0 Å². The molecular weight excluding hydrogens is 414 g/mol. The van der Waals surface area contributed by atoms with E-state index >= 15 is 0 Å². The van der Waals surface area contributed by atoms with E-state index in [-0.39, 0.29) is 11.3 Å². The Morgan fingerprint density at radius 1 is 1.12 bits per heavy atom. The van der Waals surface area contributed by atoms with E-state index in [9.17, 15) is 9.59 Å². The fourth-order valence-corrected chi connectivity index (χ4v) is 3.85. The van der Waals surface area contributed by atoms with Gasteiger partial charge in [0, 0.05) is 11.8 Å². The van der Waals surface area contributed by atoms with Crippen LogP contribution in [0, 0.1) is 5.41 Å². The number of anilines is 1. The van der Waals surface area contributed by atoms with Gasteiger partial charge in [0.1, 0.15) is 5.75 Å². The number of rotatable bonds is 9. The molecule has 0 fully saturated rings. The summed E-state index contributed by atoms with van der Waals surface area (Å²) >= 11 is 0. The Hall–Kier alpha value is -3.34. The molecule has 1 aliphatic rings. The molecule has 0 heterocycles. The number of hydrogen-bond acceptors (Lipinski definition) is 3. The SMILES string of the molecule is CC1=C(/C=C/C(C)=C/C=C/C(C)=C/C(=O)Nc2ccc(OCC(=O)O)cc2)C(C)(C)CCC1. The van der Waals surface area contributed by atoms with Crippen LogP contribution in [0.5, 0.6) is 5.75 Å². The maximum absolute atomic E-state index is 12.2. The van der Waals surface area contributed by atoms with E-state index < -0.39 is 12.6 Å². The number of aliphatic carboxylic acids is 1. The van der Waals surface area contributed by atoms with E-state index in [1.54, 1.807) is 24.3 Å². The lowest BCUT2D eigenvalue weighted by Crippen LogP contribution is -2.19. The fraction of sp³-hybridized carbons (Fsp3) is 0.357. The maximum atomic E-state index is 12.2. The number of carboxylic acids is 1. The van der Waals surface area contributed by atoms with Crippen molar-refractivity contribution < 1.29 is 19.4 Å².